The summed E-state index contributed by atoms with van der Waals surface area (Å²) in [5.74, 6) is 0.343. The van der Waals surface area contributed by atoms with Gasteiger partial charge < -0.3 is 25.4 Å². The lowest BCUT2D eigenvalue weighted by molar-refractivity contribution is -0.216. The predicted octanol–water partition coefficient (Wildman–Crippen LogP) is 0.708. The van der Waals surface area contributed by atoms with E-state index in [0.717, 1.165) is 24.3 Å². The first-order valence-electron chi connectivity index (χ1n) is 8.15. The number of nitrogens with one attached hydrogen (secondary N) is 2. The largest absolute Gasteiger partial charge is 0.508 e. The van der Waals surface area contributed by atoms with E-state index in [2.05, 4.69) is 10.6 Å². The Bertz CT molecular complexity index is 654. The molecule has 0 aromatic heterocycles. The number of hydrogen-bond acceptors (Lipinski definition) is 5. The minimum atomic E-state index is -0.344. The van der Waals surface area contributed by atoms with Gasteiger partial charge in [-0.3, -0.25) is 4.79 Å². The maximum Gasteiger partial charge on any atom is 0.245 e. The summed E-state index contributed by atoms with van der Waals surface area (Å²) in [6.45, 7) is 6.87. The normalized spacial score (nSPS) is 27.2. The molecule has 3 N–H and O–H groups in total. The molecule has 124 valence electrons. The second-order valence-electron chi connectivity index (χ2n) is 7.55. The fourth-order valence-corrected chi connectivity index (χ4v) is 3.99. The van der Waals surface area contributed by atoms with E-state index in [1.165, 1.54) is 0 Å². The number of hydrogen-bond donors (Lipinski definition) is 3. The first-order valence-corrected chi connectivity index (χ1v) is 8.15. The second-order valence-corrected chi connectivity index (χ2v) is 7.55. The Morgan fingerprint density at radius 3 is 2.78 bits per heavy atom. The molecule has 6 nitrogen and oxygen atoms in total. The lowest BCUT2D eigenvalue weighted by atomic mass is 9.90. The van der Waals surface area contributed by atoms with Crippen molar-refractivity contribution in [3.8, 4) is 5.75 Å². The monoisotopic (exact) mass is 317 g/mol. The van der Waals surface area contributed by atoms with E-state index in [4.69, 9.17) is 4.74 Å². The molecular weight excluding hydrogens is 294 g/mol. The van der Waals surface area contributed by atoms with Crippen LogP contribution in [0.1, 0.15) is 19.4 Å². The molecular formula is C17H23N3O3. The van der Waals surface area contributed by atoms with Gasteiger partial charge >= 0.3 is 0 Å². The van der Waals surface area contributed by atoms with Crippen molar-refractivity contribution < 1.29 is 14.6 Å². The van der Waals surface area contributed by atoms with Gasteiger partial charge in [0.25, 0.3) is 0 Å². The van der Waals surface area contributed by atoms with E-state index in [-0.39, 0.29) is 28.9 Å². The number of aromatic hydroxyl groups is 1. The minimum Gasteiger partial charge on any atom is -0.508 e. The van der Waals surface area contributed by atoms with E-state index in [9.17, 15) is 9.90 Å². The molecule has 6 heteroatoms. The molecule has 0 radical (unpaired) electrons. The predicted molar refractivity (Wildman–Crippen MR) is 86.6 cm³/mol. The molecule has 2 fully saturated rings. The summed E-state index contributed by atoms with van der Waals surface area (Å²) in [5.41, 5.74) is 1.10. The van der Waals surface area contributed by atoms with Crippen molar-refractivity contribution in [3.05, 3.63) is 23.8 Å². The zero-order valence-corrected chi connectivity index (χ0v) is 13.6. The smallest absolute Gasteiger partial charge is 0.245 e. The van der Waals surface area contributed by atoms with Crippen molar-refractivity contribution in [1.29, 1.82) is 0 Å². The highest BCUT2D eigenvalue weighted by Gasteiger charge is 2.50. The summed E-state index contributed by atoms with van der Waals surface area (Å²) >= 11 is 0. The van der Waals surface area contributed by atoms with Gasteiger partial charge in [0.2, 0.25) is 5.91 Å². The fourth-order valence-electron chi connectivity index (χ4n) is 3.99. The topological polar surface area (TPSA) is 73.8 Å². The van der Waals surface area contributed by atoms with Crippen LogP contribution in [0.3, 0.4) is 0 Å². The first kappa shape index (κ1) is 14.8. The number of rotatable bonds is 1. The Kier molecular flexibility index (Phi) is 3.12. The van der Waals surface area contributed by atoms with Gasteiger partial charge in [-0.05, 0) is 26.0 Å². The van der Waals surface area contributed by atoms with Crippen LogP contribution in [0, 0.1) is 0 Å². The molecule has 23 heavy (non-hydrogen) atoms. The molecule has 2 saturated heterocycles. The molecule has 0 bridgehead atoms. The molecule has 3 heterocycles. The number of ether oxygens (including phenoxy) is 1. The summed E-state index contributed by atoms with van der Waals surface area (Å²) < 4.78 is 6.20. The van der Waals surface area contributed by atoms with Crippen LogP contribution in [0.15, 0.2) is 18.2 Å². The van der Waals surface area contributed by atoms with Crippen LogP contribution in [-0.2, 0) is 16.0 Å². The zero-order chi connectivity index (χ0) is 16.2. The summed E-state index contributed by atoms with van der Waals surface area (Å²) in [6, 6.07) is 5.06. The lowest BCUT2D eigenvalue weighted by Gasteiger charge is -2.54. The maximum absolute atomic E-state index is 13.0. The van der Waals surface area contributed by atoms with Crippen molar-refractivity contribution in [3.63, 3.8) is 0 Å². The number of amides is 1. The Morgan fingerprint density at radius 2 is 2.13 bits per heavy atom. The van der Waals surface area contributed by atoms with Crippen LogP contribution < -0.4 is 10.6 Å². The first-order chi connectivity index (χ1) is 10.9. The summed E-state index contributed by atoms with van der Waals surface area (Å²) in [5, 5.41) is 16.5. The van der Waals surface area contributed by atoms with Gasteiger partial charge in [0, 0.05) is 37.3 Å². The Morgan fingerprint density at radius 1 is 1.35 bits per heavy atom. The van der Waals surface area contributed by atoms with Gasteiger partial charge in [-0.1, -0.05) is 6.07 Å². The molecule has 1 amide bonds. The van der Waals surface area contributed by atoms with Crippen LogP contribution in [0.25, 0.3) is 0 Å². The van der Waals surface area contributed by atoms with Crippen molar-refractivity contribution >= 4 is 11.6 Å². The van der Waals surface area contributed by atoms with Gasteiger partial charge in [-0.15, -0.1) is 0 Å². The lowest BCUT2D eigenvalue weighted by Crippen LogP contribution is -2.73. The standard InChI is InChI=1S/C17H23N3O3/c1-16(2)9-20(10-17(23-16)7-18-8-17)15(22)13-6-11-12(19-13)4-3-5-14(11)21/h3-5,13,18-19,21H,6-10H2,1-2H3. The molecule has 0 aliphatic carbocycles. The summed E-state index contributed by atoms with van der Waals surface area (Å²) in [6.07, 6.45) is 0.532. The van der Waals surface area contributed by atoms with Crippen molar-refractivity contribution in [2.45, 2.75) is 37.5 Å². The highest BCUT2D eigenvalue weighted by atomic mass is 16.5. The molecule has 4 rings (SSSR count). The van der Waals surface area contributed by atoms with Gasteiger partial charge in [0.15, 0.2) is 0 Å². The van der Waals surface area contributed by atoms with E-state index >= 15 is 0 Å². The summed E-state index contributed by atoms with van der Waals surface area (Å²) in [7, 11) is 0. The molecule has 1 unspecified atom stereocenters. The van der Waals surface area contributed by atoms with E-state index < -0.39 is 0 Å². The highest BCUT2D eigenvalue weighted by Crippen LogP contribution is 2.35. The number of carbonyl (C=O) groups is 1. The van der Waals surface area contributed by atoms with Crippen molar-refractivity contribution in [1.82, 2.24) is 10.2 Å². The van der Waals surface area contributed by atoms with Crippen LogP contribution in [0.5, 0.6) is 5.75 Å². The number of morpholine rings is 1. The van der Waals surface area contributed by atoms with Gasteiger partial charge in [-0.25, -0.2) is 0 Å². The highest BCUT2D eigenvalue weighted by molar-refractivity contribution is 5.88. The Labute approximate surface area is 135 Å². The van der Waals surface area contributed by atoms with Gasteiger partial charge in [0.05, 0.1) is 12.1 Å². The maximum atomic E-state index is 13.0. The SMILES string of the molecule is CC1(C)CN(C(=O)C2Cc3c(O)cccc3N2)CC2(CNC2)O1. The van der Waals surface area contributed by atoms with Gasteiger partial charge in [-0.2, -0.15) is 0 Å². The number of phenols is 1. The van der Waals surface area contributed by atoms with E-state index in [1.807, 2.05) is 24.8 Å². The van der Waals surface area contributed by atoms with Crippen molar-refractivity contribution in [2.75, 3.05) is 31.5 Å². The number of anilines is 1. The van der Waals surface area contributed by atoms with Crippen molar-refractivity contribution in [2.24, 2.45) is 0 Å². The quantitative estimate of drug-likeness (QED) is 0.711. The molecule has 1 atom stereocenters. The zero-order valence-electron chi connectivity index (χ0n) is 13.6. The Hall–Kier alpha value is -1.79. The molecule has 3 aliphatic heterocycles. The number of fused-ring (bicyclic) bond motifs is 1. The third-order valence-corrected chi connectivity index (χ3v) is 4.94. The van der Waals surface area contributed by atoms with E-state index in [0.29, 0.717) is 19.5 Å². The minimum absolute atomic E-state index is 0.0863. The molecule has 0 saturated carbocycles. The second kappa shape index (κ2) is 4.85. The number of phenolic OH excluding ortho intramolecular Hbond substituents is 1. The average Bonchev–Trinajstić information content (AvgIpc) is 2.88. The third-order valence-electron chi connectivity index (χ3n) is 4.94. The van der Waals surface area contributed by atoms with Crippen LogP contribution in [-0.4, -0.2) is 59.3 Å². The van der Waals surface area contributed by atoms with Crippen LogP contribution in [0.2, 0.25) is 0 Å². The van der Waals surface area contributed by atoms with Crippen LogP contribution >= 0.6 is 0 Å². The van der Waals surface area contributed by atoms with Crippen LogP contribution in [0.4, 0.5) is 5.69 Å². The molecule has 1 aromatic rings. The molecule has 1 spiro atoms. The average molecular weight is 317 g/mol. The van der Waals surface area contributed by atoms with E-state index in [1.54, 1.807) is 12.1 Å². The Balaban J connectivity index is 1.52. The number of benzene rings is 1. The number of nitrogens with zero attached hydrogens (tertiary/aromatic N) is 1. The number of carbonyl (C=O) groups excluding carboxylic acids is 1. The molecule has 3 aliphatic rings. The van der Waals surface area contributed by atoms with Gasteiger partial charge in [0.1, 0.15) is 17.4 Å². The third kappa shape index (κ3) is 2.46. The summed E-state index contributed by atoms with van der Waals surface area (Å²) in [4.78, 5) is 14.9. The molecule has 1 aromatic carbocycles. The fraction of sp³-hybridized carbons (Fsp3) is 0.588.